The van der Waals surface area contributed by atoms with Gasteiger partial charge in [0.1, 0.15) is 0 Å². The molecule has 3 aromatic rings. The highest BCUT2D eigenvalue weighted by Crippen LogP contribution is 2.32. The third-order valence-corrected chi connectivity index (χ3v) is 7.44. The van der Waals surface area contributed by atoms with Gasteiger partial charge in [-0.15, -0.1) is 0 Å². The lowest BCUT2D eigenvalue weighted by Crippen LogP contribution is -2.37. The average molecular weight is 445 g/mol. The van der Waals surface area contributed by atoms with E-state index < -0.39 is 9.84 Å². The summed E-state index contributed by atoms with van der Waals surface area (Å²) in [5.74, 6) is -0.208. The summed E-state index contributed by atoms with van der Waals surface area (Å²) in [6.07, 6.45) is 3.95. The lowest BCUT2D eigenvalue weighted by atomic mass is 10.1. The summed E-state index contributed by atoms with van der Waals surface area (Å²) in [5, 5.41) is 0.631. The van der Waals surface area contributed by atoms with E-state index in [9.17, 15) is 13.2 Å². The molecule has 0 saturated carbocycles. The maximum atomic E-state index is 13.4. The lowest BCUT2D eigenvalue weighted by Gasteiger charge is -2.23. The van der Waals surface area contributed by atoms with E-state index in [0.717, 1.165) is 35.7 Å². The van der Waals surface area contributed by atoms with Crippen LogP contribution in [0.3, 0.4) is 0 Å². The van der Waals surface area contributed by atoms with Crippen molar-refractivity contribution in [1.82, 2.24) is 4.98 Å². The van der Waals surface area contributed by atoms with Gasteiger partial charge in [0.15, 0.2) is 15.0 Å². The molecule has 6 nitrogen and oxygen atoms in total. The van der Waals surface area contributed by atoms with E-state index in [-0.39, 0.29) is 16.9 Å². The molecular weight excluding hydrogens is 420 g/mol. The van der Waals surface area contributed by atoms with Crippen molar-refractivity contribution in [1.29, 1.82) is 0 Å². The molecule has 0 spiro atoms. The van der Waals surface area contributed by atoms with Gasteiger partial charge < -0.3 is 4.74 Å². The molecule has 158 valence electrons. The lowest BCUT2D eigenvalue weighted by molar-refractivity contribution is 0.0917. The predicted molar refractivity (Wildman–Crippen MR) is 119 cm³/mol. The number of ether oxygens (including phenoxy) is 1. The molecule has 0 N–H and O–H groups in total. The number of nitrogens with zero attached hydrogens (tertiary/aromatic N) is 2. The van der Waals surface area contributed by atoms with Crippen molar-refractivity contribution in [2.45, 2.75) is 37.2 Å². The smallest absolute Gasteiger partial charge is 0.260 e. The number of amides is 1. The van der Waals surface area contributed by atoms with Crippen LogP contribution in [0.2, 0.25) is 0 Å². The van der Waals surface area contributed by atoms with Crippen molar-refractivity contribution in [3.05, 3.63) is 53.6 Å². The van der Waals surface area contributed by atoms with Crippen LogP contribution in [0.5, 0.6) is 0 Å². The van der Waals surface area contributed by atoms with Gasteiger partial charge in [-0.1, -0.05) is 24.3 Å². The van der Waals surface area contributed by atoms with Gasteiger partial charge in [0, 0.05) is 18.4 Å². The third-order valence-electron chi connectivity index (χ3n) is 5.27. The van der Waals surface area contributed by atoms with Crippen molar-refractivity contribution in [2.24, 2.45) is 0 Å². The van der Waals surface area contributed by atoms with Gasteiger partial charge in [0.25, 0.3) is 5.91 Å². The Bertz CT molecular complexity index is 1160. The molecule has 2 aromatic carbocycles. The fraction of sp³-hybridized carbons (Fsp3) is 0.364. The number of aryl methyl sites for hydroxylation is 1. The van der Waals surface area contributed by atoms with Gasteiger partial charge in [-0.25, -0.2) is 13.4 Å². The topological polar surface area (TPSA) is 76.6 Å². The first-order valence-corrected chi connectivity index (χ1v) is 12.7. The van der Waals surface area contributed by atoms with Gasteiger partial charge in [0.05, 0.1) is 27.8 Å². The van der Waals surface area contributed by atoms with Crippen molar-refractivity contribution >= 4 is 42.4 Å². The highest BCUT2D eigenvalue weighted by Gasteiger charge is 2.27. The van der Waals surface area contributed by atoms with Crippen molar-refractivity contribution in [3.63, 3.8) is 0 Å². The molecule has 0 aliphatic carbocycles. The summed E-state index contributed by atoms with van der Waals surface area (Å²) in [5.41, 5.74) is 2.52. The van der Waals surface area contributed by atoms with Crippen LogP contribution >= 0.6 is 11.3 Å². The van der Waals surface area contributed by atoms with Crippen LogP contribution < -0.4 is 4.90 Å². The summed E-state index contributed by atoms with van der Waals surface area (Å²) in [6.45, 7) is 3.24. The van der Waals surface area contributed by atoms with Crippen LogP contribution in [0.25, 0.3) is 10.2 Å². The number of carbonyl (C=O) groups is 1. The first-order chi connectivity index (χ1) is 14.3. The monoisotopic (exact) mass is 444 g/mol. The Hall–Kier alpha value is -2.29. The third kappa shape index (κ3) is 4.40. The molecule has 8 heteroatoms. The number of thiazole rings is 1. The molecule has 1 aliphatic rings. The zero-order valence-corrected chi connectivity index (χ0v) is 18.6. The summed E-state index contributed by atoms with van der Waals surface area (Å²) >= 11 is 1.49. The first kappa shape index (κ1) is 21.0. The zero-order chi connectivity index (χ0) is 21.3. The van der Waals surface area contributed by atoms with Gasteiger partial charge in [-0.2, -0.15) is 0 Å². The predicted octanol–water partition coefficient (Wildman–Crippen LogP) is 4.09. The Morgan fingerprint density at radius 1 is 1.23 bits per heavy atom. The van der Waals surface area contributed by atoms with Crippen LogP contribution in [0.4, 0.5) is 5.13 Å². The molecule has 0 bridgehead atoms. The molecule has 1 saturated heterocycles. The van der Waals surface area contributed by atoms with Crippen molar-refractivity contribution in [3.8, 4) is 0 Å². The van der Waals surface area contributed by atoms with Gasteiger partial charge in [-0.3, -0.25) is 9.69 Å². The average Bonchev–Trinajstić information content (AvgIpc) is 3.39. The zero-order valence-electron chi connectivity index (χ0n) is 17.0. The second-order valence-corrected chi connectivity index (χ2v) is 10.5. The second-order valence-electron chi connectivity index (χ2n) is 7.50. The Morgan fingerprint density at radius 3 is 2.63 bits per heavy atom. The molecule has 1 fully saturated rings. The SMILES string of the molecule is CCc1ccc2nc(N(CC3CCCO3)C(=O)c3ccc(S(C)(=O)=O)cc3)sc2c1. The van der Waals surface area contributed by atoms with E-state index in [1.807, 2.05) is 6.07 Å². The van der Waals surface area contributed by atoms with E-state index in [4.69, 9.17) is 9.72 Å². The van der Waals surface area contributed by atoms with E-state index in [1.54, 1.807) is 17.0 Å². The van der Waals surface area contributed by atoms with Crippen molar-refractivity contribution in [2.75, 3.05) is 24.3 Å². The van der Waals surface area contributed by atoms with Crippen LogP contribution in [0.15, 0.2) is 47.4 Å². The minimum atomic E-state index is -3.32. The maximum absolute atomic E-state index is 13.4. The number of sulfone groups is 1. The van der Waals surface area contributed by atoms with Crippen LogP contribution in [-0.2, 0) is 21.0 Å². The van der Waals surface area contributed by atoms with Gasteiger partial charge in [0.2, 0.25) is 0 Å². The standard InChI is InChI=1S/C22H24N2O4S2/c1-3-15-6-11-19-20(13-15)29-22(23-19)24(14-17-5-4-12-28-17)21(25)16-7-9-18(10-8-16)30(2,26)27/h6-11,13,17H,3-5,12,14H2,1-2H3. The molecule has 1 unspecified atom stereocenters. The minimum Gasteiger partial charge on any atom is -0.376 e. The van der Waals surface area contributed by atoms with Gasteiger partial charge >= 0.3 is 0 Å². The van der Waals surface area contributed by atoms with Crippen molar-refractivity contribution < 1.29 is 17.9 Å². The molecule has 2 heterocycles. The Kier molecular flexibility index (Phi) is 5.90. The normalized spacial score (nSPS) is 16.8. The highest BCUT2D eigenvalue weighted by atomic mass is 32.2. The molecular formula is C22H24N2O4S2. The number of anilines is 1. The van der Waals surface area contributed by atoms with Crippen LogP contribution in [0.1, 0.15) is 35.7 Å². The van der Waals surface area contributed by atoms with E-state index in [1.165, 1.54) is 29.0 Å². The number of benzene rings is 2. The molecule has 1 aliphatic heterocycles. The van der Waals surface area contributed by atoms with Crippen LogP contribution in [0, 0.1) is 0 Å². The Morgan fingerprint density at radius 2 is 2.00 bits per heavy atom. The largest absolute Gasteiger partial charge is 0.376 e. The molecule has 4 rings (SSSR count). The second kappa shape index (κ2) is 8.45. The minimum absolute atomic E-state index is 0.0255. The van der Waals surface area contributed by atoms with E-state index in [2.05, 4.69) is 19.1 Å². The van der Waals surface area contributed by atoms with E-state index >= 15 is 0 Å². The molecule has 1 atom stereocenters. The van der Waals surface area contributed by atoms with Gasteiger partial charge in [-0.05, 0) is 61.2 Å². The fourth-order valence-electron chi connectivity index (χ4n) is 3.53. The Labute approximate surface area is 180 Å². The molecule has 0 radical (unpaired) electrons. The number of hydrogen-bond donors (Lipinski definition) is 0. The number of hydrogen-bond acceptors (Lipinski definition) is 6. The molecule has 1 aromatic heterocycles. The maximum Gasteiger partial charge on any atom is 0.260 e. The number of aromatic nitrogens is 1. The number of rotatable bonds is 6. The number of carbonyl (C=O) groups excluding carboxylic acids is 1. The molecule has 1 amide bonds. The van der Waals surface area contributed by atoms with Crippen LogP contribution in [-0.4, -0.2) is 44.8 Å². The first-order valence-electron chi connectivity index (χ1n) is 9.98. The summed E-state index contributed by atoms with van der Waals surface area (Å²) in [4.78, 5) is 19.9. The Balaban J connectivity index is 1.69. The number of fused-ring (bicyclic) bond motifs is 1. The highest BCUT2D eigenvalue weighted by molar-refractivity contribution is 7.90. The fourth-order valence-corrected chi connectivity index (χ4v) is 5.20. The molecule has 30 heavy (non-hydrogen) atoms. The van der Waals surface area contributed by atoms with E-state index in [0.29, 0.717) is 23.8 Å². The summed E-state index contributed by atoms with van der Waals surface area (Å²) < 4.78 is 30.3. The summed E-state index contributed by atoms with van der Waals surface area (Å²) in [7, 11) is -3.32. The summed E-state index contributed by atoms with van der Waals surface area (Å²) in [6, 6.07) is 12.2. The quantitative estimate of drug-likeness (QED) is 0.572.